The first-order chi connectivity index (χ1) is 13.5. The molecule has 144 valence electrons. The predicted molar refractivity (Wildman–Crippen MR) is 117 cm³/mol. The molecule has 6 nitrogen and oxygen atoms in total. The van der Waals surface area contributed by atoms with Crippen molar-refractivity contribution in [2.75, 3.05) is 41.3 Å². The number of hydrogen-bond donors (Lipinski definition) is 1. The summed E-state index contributed by atoms with van der Waals surface area (Å²) < 4.78 is 0.982. The Kier molecular flexibility index (Phi) is 5.17. The molecule has 7 heteroatoms. The highest BCUT2D eigenvalue weighted by atomic mass is 79.9. The smallest absolute Gasteiger partial charge is 0.231 e. The van der Waals surface area contributed by atoms with Crippen LogP contribution in [0.4, 0.5) is 17.5 Å². The second-order valence-corrected chi connectivity index (χ2v) is 7.94. The number of rotatable bonds is 3. The summed E-state index contributed by atoms with van der Waals surface area (Å²) in [6, 6.07) is 14.6. The fourth-order valence-electron chi connectivity index (χ4n) is 3.47. The number of carbonyl (C=O) groups excluding carboxylic acids is 1. The Hall–Kier alpha value is -2.67. The van der Waals surface area contributed by atoms with E-state index in [1.165, 1.54) is 18.2 Å². The van der Waals surface area contributed by atoms with Crippen molar-refractivity contribution in [2.24, 2.45) is 0 Å². The Labute approximate surface area is 172 Å². The molecule has 28 heavy (non-hydrogen) atoms. The molecule has 1 aliphatic rings. The number of amides is 1. The van der Waals surface area contributed by atoms with Crippen molar-refractivity contribution in [3.63, 3.8) is 0 Å². The third-order valence-electron chi connectivity index (χ3n) is 4.90. The molecule has 0 bridgehead atoms. The predicted octanol–water partition coefficient (Wildman–Crippen LogP) is 3.99. The molecule has 0 radical (unpaired) electrons. The molecule has 1 aliphatic heterocycles. The van der Waals surface area contributed by atoms with Crippen LogP contribution >= 0.6 is 15.9 Å². The van der Waals surface area contributed by atoms with Crippen LogP contribution in [-0.2, 0) is 4.79 Å². The lowest BCUT2D eigenvalue weighted by molar-refractivity contribution is -0.114. The van der Waals surface area contributed by atoms with Crippen LogP contribution in [-0.4, -0.2) is 42.1 Å². The molecule has 2 heterocycles. The van der Waals surface area contributed by atoms with Gasteiger partial charge in [-0.25, -0.2) is 4.98 Å². The van der Waals surface area contributed by atoms with E-state index in [4.69, 9.17) is 0 Å². The van der Waals surface area contributed by atoms with Crippen LogP contribution in [0.25, 0.3) is 10.9 Å². The van der Waals surface area contributed by atoms with Gasteiger partial charge in [0.2, 0.25) is 11.9 Å². The molecule has 3 aromatic rings. The summed E-state index contributed by atoms with van der Waals surface area (Å²) in [5.41, 5.74) is 3.34. The molecule has 4 rings (SSSR count). The number of benzene rings is 2. The van der Waals surface area contributed by atoms with Crippen LogP contribution in [0.3, 0.4) is 0 Å². The maximum absolute atomic E-state index is 11.5. The third-order valence-corrected chi connectivity index (χ3v) is 5.40. The van der Waals surface area contributed by atoms with Gasteiger partial charge in [-0.2, -0.15) is 4.98 Å². The number of halogens is 1. The highest BCUT2D eigenvalue weighted by Gasteiger charge is 2.21. The van der Waals surface area contributed by atoms with Gasteiger partial charge >= 0.3 is 0 Å². The molecule has 1 N–H and O–H groups in total. The fourth-order valence-corrected chi connectivity index (χ4v) is 3.83. The number of anilines is 3. The average Bonchev–Trinajstić information content (AvgIpc) is 2.68. The Morgan fingerprint density at radius 1 is 1.00 bits per heavy atom. The number of carbonyl (C=O) groups is 1. The number of nitrogens with one attached hydrogen (secondary N) is 1. The minimum atomic E-state index is -0.174. The second-order valence-electron chi connectivity index (χ2n) is 7.02. The van der Waals surface area contributed by atoms with Gasteiger partial charge in [0.15, 0.2) is 0 Å². The summed E-state index contributed by atoms with van der Waals surface area (Å²) >= 11 is 3.54. The number of piperazine rings is 1. The number of nitrogens with zero attached hydrogens (tertiary/aromatic N) is 4. The Morgan fingerprint density at radius 3 is 2.36 bits per heavy atom. The second kappa shape index (κ2) is 7.75. The Balaban J connectivity index is 1.62. The maximum Gasteiger partial charge on any atom is 0.231 e. The quantitative estimate of drug-likeness (QED) is 0.668. The molecule has 1 aromatic heterocycles. The van der Waals surface area contributed by atoms with Crippen LogP contribution < -0.4 is 15.1 Å². The van der Waals surface area contributed by atoms with Crippen LogP contribution in [0.1, 0.15) is 12.5 Å². The van der Waals surface area contributed by atoms with E-state index in [9.17, 15) is 4.79 Å². The van der Waals surface area contributed by atoms with Gasteiger partial charge in [0.25, 0.3) is 0 Å². The molecule has 1 amide bonds. The van der Waals surface area contributed by atoms with E-state index in [0.717, 1.165) is 47.4 Å². The summed E-state index contributed by atoms with van der Waals surface area (Å²) in [7, 11) is 0. The Morgan fingerprint density at radius 2 is 1.68 bits per heavy atom. The largest absolute Gasteiger partial charge is 0.368 e. The van der Waals surface area contributed by atoms with Crippen LogP contribution in [0, 0.1) is 6.92 Å². The van der Waals surface area contributed by atoms with Gasteiger partial charge in [-0.1, -0.05) is 33.6 Å². The SMILES string of the molecule is CC(=O)Nc1nc(N2CCN(c3ccc(C)cc3)CC2)c2cc(Br)ccc2n1. The molecule has 0 aliphatic carbocycles. The summed E-state index contributed by atoms with van der Waals surface area (Å²) in [5.74, 6) is 1.03. The molecule has 0 spiro atoms. The molecular formula is C21H22BrN5O. The highest BCUT2D eigenvalue weighted by molar-refractivity contribution is 9.10. The lowest BCUT2D eigenvalue weighted by Gasteiger charge is -2.37. The number of aromatic nitrogens is 2. The summed E-state index contributed by atoms with van der Waals surface area (Å²) in [6.07, 6.45) is 0. The van der Waals surface area contributed by atoms with Crippen LogP contribution in [0.2, 0.25) is 0 Å². The van der Waals surface area contributed by atoms with Gasteiger partial charge in [0.1, 0.15) is 5.82 Å². The van der Waals surface area contributed by atoms with Gasteiger partial charge in [0, 0.05) is 48.6 Å². The van der Waals surface area contributed by atoms with E-state index in [1.807, 2.05) is 18.2 Å². The standard InChI is InChI=1S/C21H22BrN5O/c1-14-3-6-17(7-4-14)26-9-11-27(12-10-26)20-18-13-16(22)5-8-19(18)24-21(25-20)23-15(2)28/h3-8,13H,9-12H2,1-2H3,(H,23,24,25,28). The lowest BCUT2D eigenvalue weighted by Crippen LogP contribution is -2.47. The molecule has 2 aromatic carbocycles. The third kappa shape index (κ3) is 3.94. The van der Waals surface area contributed by atoms with Crippen molar-refractivity contribution in [3.8, 4) is 0 Å². The minimum absolute atomic E-state index is 0.174. The average molecular weight is 440 g/mol. The van der Waals surface area contributed by atoms with E-state index in [0.29, 0.717) is 5.95 Å². The van der Waals surface area contributed by atoms with Crippen molar-refractivity contribution < 1.29 is 4.79 Å². The van der Waals surface area contributed by atoms with E-state index < -0.39 is 0 Å². The molecule has 0 unspecified atom stereocenters. The normalized spacial score (nSPS) is 14.4. The lowest BCUT2D eigenvalue weighted by atomic mass is 10.2. The van der Waals surface area contributed by atoms with E-state index in [-0.39, 0.29) is 5.91 Å². The fraction of sp³-hybridized carbons (Fsp3) is 0.286. The van der Waals surface area contributed by atoms with Gasteiger partial charge in [-0.15, -0.1) is 0 Å². The molecule has 1 fully saturated rings. The van der Waals surface area contributed by atoms with Crippen LogP contribution in [0.5, 0.6) is 0 Å². The topological polar surface area (TPSA) is 61.4 Å². The first-order valence-electron chi connectivity index (χ1n) is 9.31. The zero-order valence-corrected chi connectivity index (χ0v) is 17.5. The van der Waals surface area contributed by atoms with Gasteiger partial charge < -0.3 is 9.80 Å². The van der Waals surface area contributed by atoms with E-state index >= 15 is 0 Å². The minimum Gasteiger partial charge on any atom is -0.368 e. The van der Waals surface area contributed by atoms with Crippen molar-refractivity contribution in [1.82, 2.24) is 9.97 Å². The van der Waals surface area contributed by atoms with Crippen molar-refractivity contribution in [1.29, 1.82) is 0 Å². The molecule has 1 saturated heterocycles. The number of fused-ring (bicyclic) bond motifs is 1. The number of aryl methyl sites for hydroxylation is 1. The monoisotopic (exact) mass is 439 g/mol. The summed E-state index contributed by atoms with van der Waals surface area (Å²) in [5, 5.41) is 3.70. The highest BCUT2D eigenvalue weighted by Crippen LogP contribution is 2.29. The van der Waals surface area contributed by atoms with Gasteiger partial charge in [-0.05, 0) is 37.3 Å². The summed E-state index contributed by atoms with van der Waals surface area (Å²) in [4.78, 5) is 25.3. The molecular weight excluding hydrogens is 418 g/mol. The first kappa shape index (κ1) is 18.7. The summed E-state index contributed by atoms with van der Waals surface area (Å²) in [6.45, 7) is 7.11. The van der Waals surface area contributed by atoms with Gasteiger partial charge in [-0.3, -0.25) is 10.1 Å². The van der Waals surface area contributed by atoms with Crippen molar-refractivity contribution in [2.45, 2.75) is 13.8 Å². The molecule has 0 atom stereocenters. The van der Waals surface area contributed by atoms with E-state index in [2.05, 4.69) is 72.2 Å². The van der Waals surface area contributed by atoms with Crippen molar-refractivity contribution in [3.05, 3.63) is 52.5 Å². The number of hydrogen-bond acceptors (Lipinski definition) is 5. The van der Waals surface area contributed by atoms with Gasteiger partial charge in [0.05, 0.1) is 5.52 Å². The Bertz CT molecular complexity index is 1010. The van der Waals surface area contributed by atoms with E-state index in [1.54, 1.807) is 0 Å². The first-order valence-corrected chi connectivity index (χ1v) is 10.1. The van der Waals surface area contributed by atoms with Crippen LogP contribution in [0.15, 0.2) is 46.9 Å². The zero-order chi connectivity index (χ0) is 19.7. The molecule has 0 saturated carbocycles. The zero-order valence-electron chi connectivity index (χ0n) is 15.9. The van der Waals surface area contributed by atoms with Crippen molar-refractivity contribution >= 4 is 50.2 Å². The maximum atomic E-state index is 11.5.